The Kier molecular flexibility index (Phi) is 4.98. The average molecular weight is 349 g/mol. The molecule has 2 aliphatic rings. The van der Waals surface area contributed by atoms with Crippen molar-refractivity contribution in [1.82, 2.24) is 9.80 Å². The van der Waals surface area contributed by atoms with Crippen LogP contribution in [0.5, 0.6) is 0 Å². The summed E-state index contributed by atoms with van der Waals surface area (Å²) in [7, 11) is 0. The van der Waals surface area contributed by atoms with E-state index in [0.29, 0.717) is 19.6 Å². The monoisotopic (exact) mass is 349 g/mol. The standard InChI is InChI=1S/C17H20FN3O4/c18-12-3-1-11(2-4-12)7-21-13-8-20(16(23)6-5-15(19)22)9-14(13)25-10-17(21)24/h1-4,13-14H,5-10H2,(H2,19,22)/t13-,14-/m1/s1. The number of benzene rings is 1. The van der Waals surface area contributed by atoms with E-state index in [1.165, 1.54) is 12.1 Å². The first-order valence-electron chi connectivity index (χ1n) is 8.15. The summed E-state index contributed by atoms with van der Waals surface area (Å²) in [4.78, 5) is 38.6. The summed E-state index contributed by atoms with van der Waals surface area (Å²) >= 11 is 0. The number of hydrogen-bond acceptors (Lipinski definition) is 4. The van der Waals surface area contributed by atoms with Gasteiger partial charge in [-0.15, -0.1) is 0 Å². The molecule has 0 aromatic heterocycles. The summed E-state index contributed by atoms with van der Waals surface area (Å²) in [6.07, 6.45) is -0.194. The van der Waals surface area contributed by atoms with Crippen LogP contribution in [0.25, 0.3) is 0 Å². The lowest BCUT2D eigenvalue weighted by molar-refractivity contribution is -0.153. The van der Waals surface area contributed by atoms with E-state index in [-0.39, 0.29) is 49.2 Å². The van der Waals surface area contributed by atoms with E-state index in [2.05, 4.69) is 0 Å². The van der Waals surface area contributed by atoms with E-state index in [4.69, 9.17) is 10.5 Å². The molecule has 8 heteroatoms. The number of nitrogens with zero attached hydrogens (tertiary/aromatic N) is 2. The van der Waals surface area contributed by atoms with Crippen LogP contribution < -0.4 is 5.73 Å². The van der Waals surface area contributed by atoms with Gasteiger partial charge < -0.3 is 20.3 Å². The molecule has 0 unspecified atom stereocenters. The molecule has 2 N–H and O–H groups in total. The Balaban J connectivity index is 1.67. The van der Waals surface area contributed by atoms with Crippen molar-refractivity contribution in [2.75, 3.05) is 19.7 Å². The maximum atomic E-state index is 13.0. The van der Waals surface area contributed by atoms with Crippen molar-refractivity contribution >= 4 is 17.7 Å². The Bertz CT molecular complexity index is 679. The van der Waals surface area contributed by atoms with E-state index in [0.717, 1.165) is 5.56 Å². The number of ether oxygens (including phenoxy) is 1. The van der Waals surface area contributed by atoms with E-state index in [9.17, 15) is 18.8 Å². The maximum Gasteiger partial charge on any atom is 0.249 e. The molecule has 1 aromatic carbocycles. The Hall–Kier alpha value is -2.48. The molecular weight excluding hydrogens is 329 g/mol. The van der Waals surface area contributed by atoms with Crippen molar-refractivity contribution in [1.29, 1.82) is 0 Å². The third-order valence-corrected chi connectivity index (χ3v) is 4.58. The molecule has 2 fully saturated rings. The van der Waals surface area contributed by atoms with Gasteiger partial charge in [-0.1, -0.05) is 12.1 Å². The van der Waals surface area contributed by atoms with Gasteiger partial charge in [0, 0.05) is 32.5 Å². The normalized spacial score (nSPS) is 22.8. The molecule has 2 saturated heterocycles. The molecule has 134 valence electrons. The van der Waals surface area contributed by atoms with Crippen LogP contribution in [0, 0.1) is 5.82 Å². The Morgan fingerprint density at radius 3 is 2.60 bits per heavy atom. The van der Waals surface area contributed by atoms with Gasteiger partial charge in [-0.25, -0.2) is 4.39 Å². The minimum Gasteiger partial charge on any atom is -0.370 e. The van der Waals surface area contributed by atoms with Crippen molar-refractivity contribution < 1.29 is 23.5 Å². The summed E-state index contributed by atoms with van der Waals surface area (Å²) in [5.41, 5.74) is 5.89. The molecule has 1 aromatic rings. The van der Waals surface area contributed by atoms with Crippen molar-refractivity contribution in [3.63, 3.8) is 0 Å². The zero-order valence-electron chi connectivity index (χ0n) is 13.7. The molecule has 0 saturated carbocycles. The molecular formula is C17H20FN3O4. The highest BCUT2D eigenvalue weighted by Gasteiger charge is 2.44. The number of carbonyl (C=O) groups excluding carboxylic acids is 3. The summed E-state index contributed by atoms with van der Waals surface area (Å²) in [6, 6.07) is 5.73. The molecule has 0 spiro atoms. The van der Waals surface area contributed by atoms with Crippen LogP contribution in [0.2, 0.25) is 0 Å². The number of rotatable bonds is 5. The first-order valence-corrected chi connectivity index (χ1v) is 8.15. The third-order valence-electron chi connectivity index (χ3n) is 4.58. The molecule has 2 aliphatic heterocycles. The highest BCUT2D eigenvalue weighted by Crippen LogP contribution is 2.26. The summed E-state index contributed by atoms with van der Waals surface area (Å²) in [6.45, 7) is 1.04. The van der Waals surface area contributed by atoms with Crippen LogP contribution in [0.3, 0.4) is 0 Å². The van der Waals surface area contributed by atoms with Crippen LogP contribution in [0.1, 0.15) is 18.4 Å². The third kappa shape index (κ3) is 3.96. The smallest absolute Gasteiger partial charge is 0.249 e. The number of likely N-dealkylation sites (tertiary alicyclic amines) is 1. The number of nitrogens with two attached hydrogens (primary N) is 1. The van der Waals surface area contributed by atoms with Gasteiger partial charge >= 0.3 is 0 Å². The van der Waals surface area contributed by atoms with E-state index >= 15 is 0 Å². The number of hydrogen-bond donors (Lipinski definition) is 1. The largest absolute Gasteiger partial charge is 0.370 e. The molecule has 0 bridgehead atoms. The molecule has 3 amide bonds. The van der Waals surface area contributed by atoms with Crippen molar-refractivity contribution in [2.24, 2.45) is 5.73 Å². The van der Waals surface area contributed by atoms with Gasteiger partial charge in [0.05, 0.1) is 12.1 Å². The van der Waals surface area contributed by atoms with Gasteiger partial charge in [-0.3, -0.25) is 14.4 Å². The highest BCUT2D eigenvalue weighted by atomic mass is 19.1. The van der Waals surface area contributed by atoms with E-state index in [1.54, 1.807) is 21.9 Å². The predicted octanol–water partition coefficient (Wildman–Crippen LogP) is 0.0294. The number of primary amides is 1. The second kappa shape index (κ2) is 7.18. The highest BCUT2D eigenvalue weighted by molar-refractivity contribution is 5.83. The van der Waals surface area contributed by atoms with Gasteiger partial charge in [-0.2, -0.15) is 0 Å². The molecule has 2 atom stereocenters. The zero-order valence-corrected chi connectivity index (χ0v) is 13.7. The molecule has 7 nitrogen and oxygen atoms in total. The predicted molar refractivity (Wildman–Crippen MR) is 85.5 cm³/mol. The molecule has 0 aliphatic carbocycles. The van der Waals surface area contributed by atoms with Gasteiger partial charge in [0.25, 0.3) is 0 Å². The molecule has 25 heavy (non-hydrogen) atoms. The number of fused-ring (bicyclic) bond motifs is 1. The summed E-state index contributed by atoms with van der Waals surface area (Å²) < 4.78 is 18.6. The molecule has 2 heterocycles. The number of amides is 3. The zero-order chi connectivity index (χ0) is 18.0. The Morgan fingerprint density at radius 1 is 1.20 bits per heavy atom. The lowest BCUT2D eigenvalue weighted by Crippen LogP contribution is -2.53. The number of carbonyl (C=O) groups is 3. The van der Waals surface area contributed by atoms with Crippen molar-refractivity contribution in [3.05, 3.63) is 35.6 Å². The van der Waals surface area contributed by atoms with Crippen LogP contribution in [-0.4, -0.2) is 59.4 Å². The SMILES string of the molecule is NC(=O)CCC(=O)N1C[C@@H]2[C@@H](C1)OCC(=O)N2Cc1ccc(F)cc1. The van der Waals surface area contributed by atoms with E-state index < -0.39 is 5.91 Å². The molecule has 3 rings (SSSR count). The van der Waals surface area contributed by atoms with Gasteiger partial charge in [0.2, 0.25) is 17.7 Å². The minimum atomic E-state index is -0.519. The van der Waals surface area contributed by atoms with E-state index in [1.807, 2.05) is 0 Å². The quantitative estimate of drug-likeness (QED) is 0.812. The fourth-order valence-corrected chi connectivity index (χ4v) is 3.25. The second-order valence-electron chi connectivity index (χ2n) is 6.33. The second-order valence-corrected chi connectivity index (χ2v) is 6.33. The van der Waals surface area contributed by atoms with Gasteiger partial charge in [0.15, 0.2) is 0 Å². The summed E-state index contributed by atoms with van der Waals surface area (Å²) in [5, 5.41) is 0. The average Bonchev–Trinajstić information content (AvgIpc) is 3.01. The lowest BCUT2D eigenvalue weighted by Gasteiger charge is -2.36. The van der Waals surface area contributed by atoms with Gasteiger partial charge in [-0.05, 0) is 17.7 Å². The maximum absolute atomic E-state index is 13.0. The fraction of sp³-hybridized carbons (Fsp3) is 0.471. The van der Waals surface area contributed by atoms with Crippen molar-refractivity contribution in [2.45, 2.75) is 31.5 Å². The lowest BCUT2D eigenvalue weighted by atomic mass is 10.1. The minimum absolute atomic E-state index is 0.00372. The van der Waals surface area contributed by atoms with Crippen LogP contribution in [0.4, 0.5) is 4.39 Å². The van der Waals surface area contributed by atoms with Crippen molar-refractivity contribution in [3.8, 4) is 0 Å². The fourth-order valence-electron chi connectivity index (χ4n) is 3.25. The first kappa shape index (κ1) is 17.3. The first-order chi connectivity index (χ1) is 11.9. The summed E-state index contributed by atoms with van der Waals surface area (Å²) in [5.74, 6) is -1.18. The molecule has 0 radical (unpaired) electrons. The Morgan fingerprint density at radius 2 is 1.92 bits per heavy atom. The Labute approximate surface area is 144 Å². The number of morpholine rings is 1. The number of halogens is 1. The van der Waals surface area contributed by atoms with Gasteiger partial charge in [0.1, 0.15) is 12.4 Å². The van der Waals surface area contributed by atoms with Crippen LogP contribution in [-0.2, 0) is 25.7 Å². The van der Waals surface area contributed by atoms with Crippen LogP contribution in [0.15, 0.2) is 24.3 Å². The topological polar surface area (TPSA) is 92.9 Å². The van der Waals surface area contributed by atoms with Crippen LogP contribution >= 0.6 is 0 Å².